The number of ether oxygens (including phenoxy) is 1. The molecule has 3 aromatic rings. The molecular weight excluding hydrogens is 376 g/mol. The van der Waals surface area contributed by atoms with Crippen molar-refractivity contribution in [1.82, 2.24) is 20.2 Å². The van der Waals surface area contributed by atoms with Crippen molar-refractivity contribution in [3.8, 4) is 5.88 Å². The summed E-state index contributed by atoms with van der Waals surface area (Å²) in [7, 11) is 1.63. The number of para-hydroxylation sites is 1. The number of fused-ring (bicyclic) bond motifs is 1. The second-order valence-electron chi connectivity index (χ2n) is 7.97. The molecule has 2 atom stereocenters. The van der Waals surface area contributed by atoms with E-state index in [1.54, 1.807) is 13.3 Å². The number of nitrogens with zero attached hydrogens (tertiary/aromatic N) is 2. The van der Waals surface area contributed by atoms with Crippen molar-refractivity contribution in [1.29, 1.82) is 0 Å². The number of aromatic nitrogens is 2. The van der Waals surface area contributed by atoms with Crippen LogP contribution >= 0.6 is 0 Å². The minimum atomic E-state index is 0.0956. The fraction of sp³-hybridized carbons (Fsp3) is 0.417. The van der Waals surface area contributed by atoms with E-state index in [9.17, 15) is 4.79 Å². The van der Waals surface area contributed by atoms with Crippen LogP contribution in [0.1, 0.15) is 48.7 Å². The third-order valence-corrected chi connectivity index (χ3v) is 6.05. The highest BCUT2D eigenvalue weighted by Gasteiger charge is 2.29. The Morgan fingerprint density at radius 3 is 2.93 bits per heavy atom. The molecule has 1 fully saturated rings. The second-order valence-corrected chi connectivity index (χ2v) is 7.97. The first-order valence-corrected chi connectivity index (χ1v) is 10.8. The Morgan fingerprint density at radius 1 is 1.27 bits per heavy atom. The summed E-state index contributed by atoms with van der Waals surface area (Å²) in [6, 6.07) is 14.6. The number of hydrogen-bond donors (Lipinski definition) is 2. The lowest BCUT2D eigenvalue weighted by atomic mass is 9.89. The zero-order chi connectivity index (χ0) is 20.9. The maximum absolute atomic E-state index is 13.3. The molecule has 0 aliphatic heterocycles. The van der Waals surface area contributed by atoms with Gasteiger partial charge in [0.1, 0.15) is 5.69 Å². The van der Waals surface area contributed by atoms with Gasteiger partial charge in [0.2, 0.25) is 5.88 Å². The molecule has 0 spiro atoms. The SMILES string of the molecule is CCN(C(=O)c1cc2ccccc2[nH]1)C1CCCC(NCc2ccnc(OC)c2)C1. The van der Waals surface area contributed by atoms with E-state index in [1.807, 2.05) is 47.4 Å². The maximum atomic E-state index is 13.3. The van der Waals surface area contributed by atoms with Crippen LogP contribution in [0.5, 0.6) is 5.88 Å². The van der Waals surface area contributed by atoms with Crippen LogP contribution in [0.3, 0.4) is 0 Å². The molecule has 4 rings (SSSR count). The third-order valence-electron chi connectivity index (χ3n) is 6.05. The van der Waals surface area contributed by atoms with Crippen molar-refractivity contribution in [3.05, 3.63) is 59.9 Å². The first-order chi connectivity index (χ1) is 14.7. The summed E-state index contributed by atoms with van der Waals surface area (Å²) in [5, 5.41) is 4.75. The molecule has 1 aromatic carbocycles. The Bertz CT molecular complexity index is 967. The number of aromatic amines is 1. The Balaban J connectivity index is 1.40. The molecule has 6 nitrogen and oxygen atoms in total. The van der Waals surface area contributed by atoms with E-state index in [2.05, 4.69) is 22.2 Å². The largest absolute Gasteiger partial charge is 0.481 e. The molecule has 1 amide bonds. The zero-order valence-electron chi connectivity index (χ0n) is 17.7. The standard InChI is InChI=1S/C24H30N4O2/c1-3-28(24(29)22-14-18-7-4-5-10-21(18)27-22)20-9-6-8-19(15-20)26-16-17-11-12-25-23(13-17)30-2/h4-5,7,10-14,19-20,26-27H,3,6,8-9,15-16H2,1-2H3. The predicted molar refractivity (Wildman–Crippen MR) is 119 cm³/mol. The van der Waals surface area contributed by atoms with Crippen molar-refractivity contribution in [2.45, 2.75) is 51.2 Å². The van der Waals surface area contributed by atoms with Crippen molar-refractivity contribution in [3.63, 3.8) is 0 Å². The minimum Gasteiger partial charge on any atom is -0.481 e. The normalized spacial score (nSPS) is 19.0. The number of amides is 1. The number of benzene rings is 1. The summed E-state index contributed by atoms with van der Waals surface area (Å²) in [6.07, 6.45) is 6.07. The average Bonchev–Trinajstić information content (AvgIpc) is 3.23. The lowest BCUT2D eigenvalue weighted by Crippen LogP contribution is -2.46. The fourth-order valence-corrected chi connectivity index (χ4v) is 4.48. The Labute approximate surface area is 177 Å². The first kappa shape index (κ1) is 20.4. The summed E-state index contributed by atoms with van der Waals surface area (Å²) < 4.78 is 5.21. The number of H-pyrrole nitrogens is 1. The number of methoxy groups -OCH3 is 1. The number of pyridine rings is 1. The molecule has 1 saturated carbocycles. The number of nitrogens with one attached hydrogen (secondary N) is 2. The van der Waals surface area contributed by atoms with E-state index in [4.69, 9.17) is 4.74 Å². The van der Waals surface area contributed by atoms with Gasteiger partial charge < -0.3 is 19.9 Å². The van der Waals surface area contributed by atoms with Crippen LogP contribution in [-0.4, -0.2) is 46.5 Å². The molecule has 0 bridgehead atoms. The Hall–Kier alpha value is -2.86. The van der Waals surface area contributed by atoms with Crippen molar-refractivity contribution < 1.29 is 9.53 Å². The quantitative estimate of drug-likeness (QED) is 0.619. The molecule has 0 saturated heterocycles. The minimum absolute atomic E-state index is 0.0956. The van der Waals surface area contributed by atoms with E-state index in [-0.39, 0.29) is 11.9 Å². The lowest BCUT2D eigenvalue weighted by Gasteiger charge is -2.37. The molecule has 0 radical (unpaired) electrons. The summed E-state index contributed by atoms with van der Waals surface area (Å²) in [5.74, 6) is 0.732. The number of rotatable bonds is 7. The summed E-state index contributed by atoms with van der Waals surface area (Å²) >= 11 is 0. The van der Waals surface area contributed by atoms with Gasteiger partial charge in [-0.05, 0) is 56.4 Å². The van der Waals surface area contributed by atoms with Gasteiger partial charge in [-0.3, -0.25) is 4.79 Å². The molecule has 1 aliphatic rings. The van der Waals surface area contributed by atoms with Crippen LogP contribution in [0.25, 0.3) is 10.9 Å². The highest BCUT2D eigenvalue weighted by atomic mass is 16.5. The monoisotopic (exact) mass is 406 g/mol. The second kappa shape index (κ2) is 9.30. The molecule has 30 heavy (non-hydrogen) atoms. The van der Waals surface area contributed by atoms with Crippen molar-refractivity contribution in [2.75, 3.05) is 13.7 Å². The Morgan fingerprint density at radius 2 is 2.13 bits per heavy atom. The van der Waals surface area contributed by atoms with Gasteiger partial charge in [0.25, 0.3) is 5.91 Å². The zero-order valence-corrected chi connectivity index (χ0v) is 17.7. The molecule has 2 heterocycles. The van der Waals surface area contributed by atoms with Crippen molar-refractivity contribution in [2.24, 2.45) is 0 Å². The van der Waals surface area contributed by atoms with Crippen LogP contribution in [0.2, 0.25) is 0 Å². The fourth-order valence-electron chi connectivity index (χ4n) is 4.48. The van der Waals surface area contributed by atoms with Gasteiger partial charge in [-0.25, -0.2) is 4.98 Å². The first-order valence-electron chi connectivity index (χ1n) is 10.8. The molecule has 2 aromatic heterocycles. The predicted octanol–water partition coefficient (Wildman–Crippen LogP) is 4.13. The average molecular weight is 407 g/mol. The van der Waals surface area contributed by atoms with Gasteiger partial charge in [-0.2, -0.15) is 0 Å². The topological polar surface area (TPSA) is 70.2 Å². The van der Waals surface area contributed by atoms with Gasteiger partial charge in [-0.15, -0.1) is 0 Å². The van der Waals surface area contributed by atoms with E-state index in [0.29, 0.717) is 24.2 Å². The lowest BCUT2D eigenvalue weighted by molar-refractivity contribution is 0.0623. The Kier molecular flexibility index (Phi) is 6.33. The summed E-state index contributed by atoms with van der Waals surface area (Å²) in [6.45, 7) is 3.56. The molecule has 158 valence electrons. The molecule has 2 unspecified atom stereocenters. The highest BCUT2D eigenvalue weighted by Crippen LogP contribution is 2.26. The van der Waals surface area contributed by atoms with Crippen LogP contribution in [-0.2, 0) is 6.54 Å². The van der Waals surface area contributed by atoms with E-state index in [0.717, 1.165) is 48.7 Å². The maximum Gasteiger partial charge on any atom is 0.270 e. The third kappa shape index (κ3) is 4.49. The van der Waals surface area contributed by atoms with Gasteiger partial charge in [0.15, 0.2) is 0 Å². The van der Waals surface area contributed by atoms with Crippen LogP contribution in [0.15, 0.2) is 48.7 Å². The van der Waals surface area contributed by atoms with Gasteiger partial charge in [0.05, 0.1) is 7.11 Å². The molecule has 2 N–H and O–H groups in total. The highest BCUT2D eigenvalue weighted by molar-refractivity contribution is 5.98. The van der Waals surface area contributed by atoms with Crippen LogP contribution < -0.4 is 10.1 Å². The van der Waals surface area contributed by atoms with Crippen LogP contribution in [0.4, 0.5) is 0 Å². The molecular formula is C24H30N4O2. The number of carbonyl (C=O) groups excluding carboxylic acids is 1. The molecule has 6 heteroatoms. The van der Waals surface area contributed by atoms with Gasteiger partial charge in [-0.1, -0.05) is 18.2 Å². The number of hydrogen-bond acceptors (Lipinski definition) is 4. The van der Waals surface area contributed by atoms with Crippen molar-refractivity contribution >= 4 is 16.8 Å². The van der Waals surface area contributed by atoms with Gasteiger partial charge in [0, 0.05) is 48.3 Å². The molecule has 1 aliphatic carbocycles. The summed E-state index contributed by atoms with van der Waals surface area (Å²) in [5.41, 5.74) is 2.84. The van der Waals surface area contributed by atoms with Crippen LogP contribution in [0, 0.1) is 0 Å². The number of carbonyl (C=O) groups is 1. The smallest absolute Gasteiger partial charge is 0.270 e. The van der Waals surface area contributed by atoms with E-state index in [1.165, 1.54) is 0 Å². The van der Waals surface area contributed by atoms with E-state index >= 15 is 0 Å². The van der Waals surface area contributed by atoms with E-state index < -0.39 is 0 Å². The summed E-state index contributed by atoms with van der Waals surface area (Å²) in [4.78, 5) is 22.7. The van der Waals surface area contributed by atoms with Gasteiger partial charge >= 0.3 is 0 Å².